The Balaban J connectivity index is 0. The third kappa shape index (κ3) is 14.2. The molecule has 0 aromatic rings. The van der Waals surface area contributed by atoms with Crippen molar-refractivity contribution in [3.63, 3.8) is 0 Å². The smallest absolute Gasteiger partial charge is 0.246 e. The molecule has 2 N–H and O–H groups in total. The van der Waals surface area contributed by atoms with Crippen LogP contribution in [0.3, 0.4) is 0 Å². The molecule has 0 aliphatic rings. The van der Waals surface area contributed by atoms with Crippen molar-refractivity contribution in [3.05, 3.63) is 11.5 Å². The van der Waals surface area contributed by atoms with Gasteiger partial charge < -0.3 is 9.79 Å². The molecule has 0 aliphatic heterocycles. The second-order valence-corrected chi connectivity index (χ2v) is 7.60. The van der Waals surface area contributed by atoms with E-state index in [0.29, 0.717) is 0 Å². The van der Waals surface area contributed by atoms with Gasteiger partial charge in [-0.05, 0) is 35.0 Å². The number of unbranched alkanes of at least 4 members (excludes halogenated alkanes) is 1. The third-order valence-corrected chi connectivity index (χ3v) is 3.30. The molecule has 0 fully saturated rings. The van der Waals surface area contributed by atoms with E-state index in [1.165, 1.54) is 0 Å². The van der Waals surface area contributed by atoms with Crippen LogP contribution < -0.4 is 0 Å². The summed E-state index contributed by atoms with van der Waals surface area (Å²) in [7, 11) is 0. The number of rotatable bonds is 4. The van der Waals surface area contributed by atoms with Crippen molar-refractivity contribution < 1.29 is 30.9 Å². The zero-order valence-electron chi connectivity index (χ0n) is 6.14. The molecular weight excluding hydrogens is 283 g/mol. The Morgan fingerprint density at radius 3 is 2.45 bits per heavy atom. The van der Waals surface area contributed by atoms with Gasteiger partial charge in [0, 0.05) is 21.1 Å². The van der Waals surface area contributed by atoms with Crippen LogP contribution in [0.25, 0.3) is 0 Å². The summed E-state index contributed by atoms with van der Waals surface area (Å²) in [4.78, 5) is 17.4. The standard InChI is InChI=1S/C5H11O2PS2.Mo/c1-2-3-4-5-10-8(6,7)9;/h4-5H,2-3H2,1H3,(H2,6,7,9);. The Kier molecular flexibility index (Phi) is 10.8. The van der Waals surface area contributed by atoms with Crippen LogP contribution in [-0.2, 0) is 32.9 Å². The van der Waals surface area contributed by atoms with Gasteiger partial charge in [-0.1, -0.05) is 19.4 Å². The van der Waals surface area contributed by atoms with Gasteiger partial charge in [-0.25, -0.2) is 0 Å². The van der Waals surface area contributed by atoms with E-state index in [4.69, 9.17) is 9.79 Å². The molecule has 0 atom stereocenters. The second kappa shape index (κ2) is 7.97. The molecule has 66 valence electrons. The monoisotopic (exact) mass is 296 g/mol. The Bertz CT molecular complexity index is 157. The van der Waals surface area contributed by atoms with Gasteiger partial charge in [0.05, 0.1) is 0 Å². The van der Waals surface area contributed by atoms with Crippen molar-refractivity contribution >= 4 is 28.9 Å². The molecule has 2 nitrogen and oxygen atoms in total. The molecule has 0 heterocycles. The zero-order valence-corrected chi connectivity index (χ0v) is 10.7. The third-order valence-electron chi connectivity index (χ3n) is 0.750. The summed E-state index contributed by atoms with van der Waals surface area (Å²) in [5.41, 5.74) is -3.04. The van der Waals surface area contributed by atoms with Crippen LogP contribution in [0.1, 0.15) is 19.8 Å². The van der Waals surface area contributed by atoms with Crippen molar-refractivity contribution in [2.45, 2.75) is 19.8 Å². The predicted molar refractivity (Wildman–Crippen MR) is 50.4 cm³/mol. The summed E-state index contributed by atoms with van der Waals surface area (Å²) < 4.78 is 0. The van der Waals surface area contributed by atoms with Crippen LogP contribution in [-0.4, -0.2) is 9.79 Å². The maximum absolute atomic E-state index is 8.71. The van der Waals surface area contributed by atoms with Crippen LogP contribution in [0.4, 0.5) is 0 Å². The molecule has 0 aromatic heterocycles. The predicted octanol–water partition coefficient (Wildman–Crippen LogP) is 2.24. The summed E-state index contributed by atoms with van der Waals surface area (Å²) in [6.45, 7) is 2.06. The minimum Gasteiger partial charge on any atom is -0.337 e. The van der Waals surface area contributed by atoms with Crippen molar-refractivity contribution in [2.24, 2.45) is 0 Å². The van der Waals surface area contributed by atoms with Gasteiger partial charge in [0.15, 0.2) is 0 Å². The zero-order chi connectivity index (χ0) is 8.04. The van der Waals surface area contributed by atoms with Gasteiger partial charge in [0.2, 0.25) is 5.69 Å². The van der Waals surface area contributed by atoms with E-state index in [-0.39, 0.29) is 21.1 Å². The van der Waals surface area contributed by atoms with E-state index in [0.717, 1.165) is 24.2 Å². The van der Waals surface area contributed by atoms with E-state index in [9.17, 15) is 0 Å². The first-order valence-electron chi connectivity index (χ1n) is 2.95. The molecule has 0 unspecified atom stereocenters. The molecule has 0 aliphatic carbocycles. The first-order valence-corrected chi connectivity index (χ1v) is 7.14. The largest absolute Gasteiger partial charge is 0.337 e. The molecule has 0 bridgehead atoms. The van der Waals surface area contributed by atoms with Crippen LogP contribution in [0.5, 0.6) is 0 Å². The van der Waals surface area contributed by atoms with Gasteiger partial charge in [-0.3, -0.25) is 0 Å². The van der Waals surface area contributed by atoms with E-state index in [2.05, 4.69) is 18.7 Å². The molecule has 0 rings (SSSR count). The van der Waals surface area contributed by atoms with Gasteiger partial charge in [0.25, 0.3) is 0 Å². The fourth-order valence-corrected chi connectivity index (χ4v) is 1.92. The van der Waals surface area contributed by atoms with Crippen LogP contribution in [0.2, 0.25) is 0 Å². The summed E-state index contributed by atoms with van der Waals surface area (Å²) >= 11 is 5.30. The molecule has 0 saturated heterocycles. The van der Waals surface area contributed by atoms with Crippen molar-refractivity contribution in [1.29, 1.82) is 0 Å². The minimum absolute atomic E-state index is 0. The first-order chi connectivity index (χ1) is 4.56. The van der Waals surface area contributed by atoms with E-state index < -0.39 is 5.69 Å². The van der Waals surface area contributed by atoms with Crippen LogP contribution >= 0.6 is 17.1 Å². The number of allylic oxidation sites excluding steroid dienone is 1. The molecule has 0 radical (unpaired) electrons. The van der Waals surface area contributed by atoms with Gasteiger partial charge >= 0.3 is 0 Å². The van der Waals surface area contributed by atoms with Crippen LogP contribution in [0.15, 0.2) is 11.5 Å². The van der Waals surface area contributed by atoms with Crippen molar-refractivity contribution in [2.75, 3.05) is 0 Å². The maximum atomic E-state index is 8.71. The molecule has 0 aromatic carbocycles. The molecule has 0 spiro atoms. The fraction of sp³-hybridized carbons (Fsp3) is 0.600. The summed E-state index contributed by atoms with van der Waals surface area (Å²) in [6.07, 6.45) is 3.91. The van der Waals surface area contributed by atoms with Gasteiger partial charge in [-0.2, -0.15) is 0 Å². The molecule has 6 heteroatoms. The molecule has 11 heavy (non-hydrogen) atoms. The molecule has 0 amide bonds. The van der Waals surface area contributed by atoms with E-state index in [1.54, 1.807) is 5.41 Å². The fourth-order valence-electron chi connectivity index (χ4n) is 0.357. The summed E-state index contributed by atoms with van der Waals surface area (Å²) in [5.74, 6) is 0. The van der Waals surface area contributed by atoms with Gasteiger partial charge in [0.1, 0.15) is 0 Å². The van der Waals surface area contributed by atoms with E-state index >= 15 is 0 Å². The van der Waals surface area contributed by atoms with E-state index in [1.807, 2.05) is 6.08 Å². The Labute approximate surface area is 90.7 Å². The Morgan fingerprint density at radius 1 is 1.55 bits per heavy atom. The average molecular weight is 294 g/mol. The normalized spacial score (nSPS) is 11.5. The van der Waals surface area contributed by atoms with Crippen molar-refractivity contribution in [1.82, 2.24) is 0 Å². The summed E-state index contributed by atoms with van der Waals surface area (Å²) in [5, 5.41) is 1.66. The topological polar surface area (TPSA) is 40.5 Å². The molecule has 0 saturated carbocycles. The maximum Gasteiger partial charge on any atom is 0.246 e. The Hall–Kier alpha value is 1.35. The SMILES string of the molecule is CCCC=CSP(O)(O)=S.[Mo]. The minimum atomic E-state index is -3.04. The quantitative estimate of drug-likeness (QED) is 0.616. The average Bonchev–Trinajstić information content (AvgIpc) is 1.78. The number of hydrogen-bond donors (Lipinski definition) is 2. The molecular formula is C5H11MoO2PS2. The Morgan fingerprint density at radius 2 is 2.09 bits per heavy atom. The van der Waals surface area contributed by atoms with Crippen LogP contribution in [0, 0.1) is 0 Å². The van der Waals surface area contributed by atoms with Gasteiger partial charge in [-0.15, -0.1) is 0 Å². The second-order valence-electron chi connectivity index (χ2n) is 1.76. The first kappa shape index (κ1) is 14.9. The summed E-state index contributed by atoms with van der Waals surface area (Å²) in [6, 6.07) is 0. The van der Waals surface area contributed by atoms with Crippen molar-refractivity contribution in [3.8, 4) is 0 Å². The number of hydrogen-bond acceptors (Lipinski definition) is 2.